The standard InChI is InChI=1S/C11H13ClN2OS/c12-4-6-5-16-11(13-6)14-10(15)9-7-2-1-3-8(7)9/h5,7-9H,1-4H2,(H,13,14,15). The van der Waals surface area contributed by atoms with Gasteiger partial charge in [-0.3, -0.25) is 4.79 Å². The molecule has 0 spiro atoms. The lowest BCUT2D eigenvalue weighted by atomic mass is 10.1. The molecule has 0 aliphatic heterocycles. The van der Waals surface area contributed by atoms with Crippen molar-refractivity contribution in [3.63, 3.8) is 0 Å². The normalized spacial score (nSPS) is 31.2. The Morgan fingerprint density at radius 2 is 2.31 bits per heavy atom. The Morgan fingerprint density at radius 3 is 2.94 bits per heavy atom. The molecule has 2 atom stereocenters. The lowest BCUT2D eigenvalue weighted by Gasteiger charge is -2.02. The Morgan fingerprint density at radius 1 is 1.56 bits per heavy atom. The van der Waals surface area contributed by atoms with Crippen LogP contribution in [0, 0.1) is 17.8 Å². The van der Waals surface area contributed by atoms with Crippen LogP contribution in [0.5, 0.6) is 0 Å². The summed E-state index contributed by atoms with van der Waals surface area (Å²) in [7, 11) is 0. The minimum Gasteiger partial charge on any atom is -0.302 e. The average molecular weight is 257 g/mol. The van der Waals surface area contributed by atoms with E-state index in [0.29, 0.717) is 22.8 Å². The van der Waals surface area contributed by atoms with Crippen molar-refractivity contribution in [1.82, 2.24) is 4.98 Å². The number of nitrogens with one attached hydrogen (secondary N) is 1. The second-order valence-corrected chi connectivity index (χ2v) is 5.68. The van der Waals surface area contributed by atoms with Gasteiger partial charge in [0.25, 0.3) is 0 Å². The summed E-state index contributed by atoms with van der Waals surface area (Å²) in [5.74, 6) is 2.14. The number of rotatable bonds is 3. The topological polar surface area (TPSA) is 42.0 Å². The van der Waals surface area contributed by atoms with Crippen molar-refractivity contribution in [3.05, 3.63) is 11.1 Å². The van der Waals surface area contributed by atoms with E-state index in [1.807, 2.05) is 5.38 Å². The fraction of sp³-hybridized carbons (Fsp3) is 0.636. The zero-order valence-electron chi connectivity index (χ0n) is 8.78. The van der Waals surface area contributed by atoms with Crippen molar-refractivity contribution < 1.29 is 4.79 Å². The largest absolute Gasteiger partial charge is 0.302 e. The molecule has 86 valence electrons. The molecule has 1 aromatic heterocycles. The zero-order valence-corrected chi connectivity index (χ0v) is 10.4. The molecule has 2 saturated carbocycles. The summed E-state index contributed by atoms with van der Waals surface area (Å²) in [6, 6.07) is 0. The van der Waals surface area contributed by atoms with Gasteiger partial charge >= 0.3 is 0 Å². The molecule has 1 aromatic rings. The summed E-state index contributed by atoms with van der Waals surface area (Å²) < 4.78 is 0. The van der Waals surface area contributed by atoms with Crippen LogP contribution in [0.4, 0.5) is 5.13 Å². The SMILES string of the molecule is O=C(Nc1nc(CCl)cs1)C1C2CCCC21. The number of nitrogens with zero attached hydrogens (tertiary/aromatic N) is 1. The van der Waals surface area contributed by atoms with E-state index in [9.17, 15) is 4.79 Å². The molecule has 1 amide bonds. The fourth-order valence-electron chi connectivity index (χ4n) is 2.82. The van der Waals surface area contributed by atoms with E-state index >= 15 is 0 Å². The molecule has 3 nitrogen and oxygen atoms in total. The summed E-state index contributed by atoms with van der Waals surface area (Å²) in [6.07, 6.45) is 3.76. The van der Waals surface area contributed by atoms with Crippen LogP contribution in [0.3, 0.4) is 0 Å². The molecule has 0 bridgehead atoms. The van der Waals surface area contributed by atoms with Crippen molar-refractivity contribution in [3.8, 4) is 0 Å². The van der Waals surface area contributed by atoms with Crippen LogP contribution in [0.15, 0.2) is 5.38 Å². The Labute approximate surface area is 103 Å². The first-order chi connectivity index (χ1) is 7.79. The van der Waals surface area contributed by atoms with Crippen molar-refractivity contribution in [2.75, 3.05) is 5.32 Å². The molecular weight excluding hydrogens is 244 g/mol. The summed E-state index contributed by atoms with van der Waals surface area (Å²) >= 11 is 7.11. The number of thiazole rings is 1. The number of hydrogen-bond donors (Lipinski definition) is 1. The lowest BCUT2D eigenvalue weighted by molar-refractivity contribution is -0.118. The van der Waals surface area contributed by atoms with Gasteiger partial charge in [-0.15, -0.1) is 22.9 Å². The summed E-state index contributed by atoms with van der Waals surface area (Å²) in [4.78, 5) is 16.1. The van der Waals surface area contributed by atoms with Gasteiger partial charge in [-0.1, -0.05) is 6.42 Å². The maximum atomic E-state index is 11.9. The number of carbonyl (C=O) groups excluding carboxylic acids is 1. The van der Waals surface area contributed by atoms with Crippen LogP contribution >= 0.6 is 22.9 Å². The smallest absolute Gasteiger partial charge is 0.229 e. The highest BCUT2D eigenvalue weighted by atomic mass is 35.5. The molecule has 0 aromatic carbocycles. The van der Waals surface area contributed by atoms with Crippen LogP contribution in [0.1, 0.15) is 25.0 Å². The Kier molecular flexibility index (Phi) is 2.64. The van der Waals surface area contributed by atoms with Gasteiger partial charge in [0.15, 0.2) is 5.13 Å². The van der Waals surface area contributed by atoms with Crippen molar-refractivity contribution in [2.24, 2.45) is 17.8 Å². The number of anilines is 1. The highest BCUT2D eigenvalue weighted by molar-refractivity contribution is 7.14. The number of amides is 1. The number of hydrogen-bond acceptors (Lipinski definition) is 3. The van der Waals surface area contributed by atoms with Crippen LogP contribution in [0.2, 0.25) is 0 Å². The molecule has 2 aliphatic rings. The second kappa shape index (κ2) is 4.00. The third kappa shape index (κ3) is 1.74. The number of halogens is 1. The maximum absolute atomic E-state index is 11.9. The number of carbonyl (C=O) groups is 1. The highest BCUT2D eigenvalue weighted by Crippen LogP contribution is 2.57. The monoisotopic (exact) mass is 256 g/mol. The summed E-state index contributed by atoms with van der Waals surface area (Å²) in [6.45, 7) is 0. The predicted molar refractivity (Wildman–Crippen MR) is 64.6 cm³/mol. The van der Waals surface area contributed by atoms with Crippen molar-refractivity contribution in [2.45, 2.75) is 25.1 Å². The summed E-state index contributed by atoms with van der Waals surface area (Å²) in [5.41, 5.74) is 0.831. The van der Waals surface area contributed by atoms with Crippen LogP contribution in [0.25, 0.3) is 0 Å². The maximum Gasteiger partial charge on any atom is 0.229 e. The van der Waals surface area contributed by atoms with Gasteiger partial charge in [-0.25, -0.2) is 4.98 Å². The zero-order chi connectivity index (χ0) is 11.1. The predicted octanol–water partition coefficient (Wildman–Crippen LogP) is 2.87. The van der Waals surface area contributed by atoms with Gasteiger partial charge in [-0.05, 0) is 24.7 Å². The average Bonchev–Trinajstić information content (AvgIpc) is 2.72. The fourth-order valence-corrected chi connectivity index (χ4v) is 3.77. The molecule has 0 saturated heterocycles. The van der Waals surface area contributed by atoms with Gasteiger partial charge in [0.2, 0.25) is 5.91 Å². The van der Waals surface area contributed by atoms with E-state index < -0.39 is 0 Å². The molecule has 2 aliphatic carbocycles. The van der Waals surface area contributed by atoms with Gasteiger partial charge < -0.3 is 5.32 Å². The van der Waals surface area contributed by atoms with Gasteiger partial charge in [-0.2, -0.15) is 0 Å². The first-order valence-corrected chi connectivity index (χ1v) is 7.02. The third-order valence-electron chi connectivity index (χ3n) is 3.63. The van der Waals surface area contributed by atoms with Crippen LogP contribution in [-0.2, 0) is 10.7 Å². The quantitative estimate of drug-likeness (QED) is 0.845. The van der Waals surface area contributed by atoms with E-state index in [-0.39, 0.29) is 11.8 Å². The van der Waals surface area contributed by atoms with E-state index in [0.717, 1.165) is 5.69 Å². The number of aromatic nitrogens is 1. The van der Waals surface area contributed by atoms with E-state index in [1.54, 1.807) is 0 Å². The molecule has 1 heterocycles. The van der Waals surface area contributed by atoms with Crippen LogP contribution in [-0.4, -0.2) is 10.9 Å². The first-order valence-electron chi connectivity index (χ1n) is 5.61. The van der Waals surface area contributed by atoms with Crippen molar-refractivity contribution >= 4 is 34.0 Å². The Bertz CT molecular complexity index is 410. The van der Waals surface area contributed by atoms with E-state index in [4.69, 9.17) is 11.6 Å². The minimum absolute atomic E-state index is 0.158. The third-order valence-corrected chi connectivity index (χ3v) is 4.71. The van der Waals surface area contributed by atoms with Gasteiger partial charge in [0.05, 0.1) is 11.6 Å². The first kappa shape index (κ1) is 10.5. The molecule has 0 radical (unpaired) electrons. The van der Waals surface area contributed by atoms with E-state index in [2.05, 4.69) is 10.3 Å². The molecule has 16 heavy (non-hydrogen) atoms. The molecule has 2 fully saturated rings. The minimum atomic E-state index is 0.158. The Balaban J connectivity index is 1.60. The molecular formula is C11H13ClN2OS. The van der Waals surface area contributed by atoms with Crippen molar-refractivity contribution in [1.29, 1.82) is 0 Å². The molecule has 1 N–H and O–H groups in total. The lowest BCUT2D eigenvalue weighted by Crippen LogP contribution is -2.16. The number of fused-ring (bicyclic) bond motifs is 1. The van der Waals surface area contributed by atoms with E-state index in [1.165, 1.54) is 30.6 Å². The second-order valence-electron chi connectivity index (χ2n) is 4.55. The molecule has 5 heteroatoms. The number of alkyl halides is 1. The van der Waals surface area contributed by atoms with Gasteiger partial charge in [0, 0.05) is 11.3 Å². The summed E-state index contributed by atoms with van der Waals surface area (Å²) in [5, 5.41) is 5.47. The Hall–Kier alpha value is -0.610. The highest BCUT2D eigenvalue weighted by Gasteiger charge is 2.56. The molecule has 3 rings (SSSR count). The van der Waals surface area contributed by atoms with Gasteiger partial charge in [0.1, 0.15) is 0 Å². The van der Waals surface area contributed by atoms with Crippen LogP contribution < -0.4 is 5.32 Å². The molecule has 2 unspecified atom stereocenters.